The molecule has 86 heavy (non-hydrogen) atoms. The molecular weight excluding hydrogens is 1090 g/mol. The average Bonchev–Trinajstić information content (AvgIpc) is 1.50. The Hall–Kier alpha value is -9.20. The van der Waals surface area contributed by atoms with Gasteiger partial charge < -0.3 is 10.2 Å². The number of para-hydroxylation sites is 2. The van der Waals surface area contributed by atoms with E-state index in [1.807, 2.05) is 155 Å². The van der Waals surface area contributed by atoms with Gasteiger partial charge in [-0.05, 0) is 149 Å². The van der Waals surface area contributed by atoms with Crippen LogP contribution in [-0.4, -0.2) is 45.0 Å². The third-order valence-corrected chi connectivity index (χ3v) is 19.6. The molecule has 1 unspecified atom stereocenters. The smallest absolute Gasteiger partial charge is 0.0702 e. The Morgan fingerprint density at radius 1 is 0.430 bits per heavy atom. The Morgan fingerprint density at radius 2 is 0.872 bits per heavy atom. The number of benzene rings is 8. The summed E-state index contributed by atoms with van der Waals surface area (Å²) in [6, 6.07) is 91.3. The van der Waals surface area contributed by atoms with Crippen LogP contribution in [-0.2, 0) is 5.41 Å². The fourth-order valence-electron chi connectivity index (χ4n) is 12.2. The van der Waals surface area contributed by atoms with Crippen LogP contribution in [0, 0.1) is 0 Å². The van der Waals surface area contributed by atoms with Gasteiger partial charge in [0.1, 0.15) is 0 Å². The lowest BCUT2D eigenvalue weighted by Gasteiger charge is -2.48. The number of aromatic nitrogens is 6. The number of halogens is 1. The summed E-state index contributed by atoms with van der Waals surface area (Å²) in [4.78, 5) is 11.0. The van der Waals surface area contributed by atoms with Gasteiger partial charge in [0, 0.05) is 92.3 Å². The minimum absolute atomic E-state index is 0.155. The lowest BCUT2D eigenvalue weighted by molar-refractivity contribution is 0.661. The molecule has 1 fully saturated rings. The van der Waals surface area contributed by atoms with Gasteiger partial charge in [0.05, 0.1) is 22.8 Å². The molecule has 1 aliphatic rings. The molecule has 1 aliphatic carbocycles. The molecule has 0 saturated heterocycles. The summed E-state index contributed by atoms with van der Waals surface area (Å²) in [5.41, 5.74) is 14.6. The van der Waals surface area contributed by atoms with Crippen molar-refractivity contribution in [2.45, 2.75) is 75.8 Å². The molecule has 4 aromatic heterocycles. The predicted molar refractivity (Wildman–Crippen MR) is 363 cm³/mol. The molecule has 4 heterocycles. The van der Waals surface area contributed by atoms with Crippen molar-refractivity contribution in [3.05, 3.63) is 320 Å². The Morgan fingerprint density at radius 3 is 1.37 bits per heavy atom. The topological polar surface area (TPSA) is 76.7 Å². The summed E-state index contributed by atoms with van der Waals surface area (Å²) in [7, 11) is -0.208. The molecule has 12 aromatic rings. The van der Waals surface area contributed by atoms with E-state index in [-0.39, 0.29) is 13.3 Å². The number of hydrogen-bond acceptors (Lipinski definition) is 6. The first-order valence-corrected chi connectivity index (χ1v) is 30.9. The van der Waals surface area contributed by atoms with Gasteiger partial charge in [-0.3, -0.25) is 9.97 Å². The molecule has 0 amide bonds. The summed E-state index contributed by atoms with van der Waals surface area (Å²) in [6.45, 7) is 17.3. The molecule has 0 radical (unpaired) electrons. The Kier molecular flexibility index (Phi) is 19.0. The Labute approximate surface area is 514 Å². The van der Waals surface area contributed by atoms with Crippen molar-refractivity contribution >= 4 is 48.0 Å². The van der Waals surface area contributed by atoms with Gasteiger partial charge in [0.15, 0.2) is 0 Å². The normalized spacial score (nSPS) is 14.0. The maximum atomic E-state index is 5.87. The van der Waals surface area contributed by atoms with E-state index in [1.165, 1.54) is 17.5 Å². The number of anilines is 5. The molecular formula is C76H74ClN8P. The van der Waals surface area contributed by atoms with Crippen molar-refractivity contribution in [1.29, 1.82) is 0 Å². The molecule has 0 spiro atoms. The van der Waals surface area contributed by atoms with E-state index < -0.39 is 0 Å². The second kappa shape index (κ2) is 27.2. The third kappa shape index (κ3) is 14.5. The predicted octanol–water partition coefficient (Wildman–Crippen LogP) is 20.6. The molecule has 1 atom stereocenters. The lowest BCUT2D eigenvalue weighted by Crippen LogP contribution is -2.35. The third-order valence-electron chi connectivity index (χ3n) is 15.2. The van der Waals surface area contributed by atoms with E-state index in [0.29, 0.717) is 15.5 Å². The van der Waals surface area contributed by atoms with Crippen LogP contribution in [0.1, 0.15) is 66.0 Å². The second-order valence-electron chi connectivity index (χ2n) is 23.4. The zero-order chi connectivity index (χ0) is 60.0. The molecule has 0 bridgehead atoms. The Balaban J connectivity index is 0.000000133. The first-order valence-electron chi connectivity index (χ1n) is 29.2. The molecule has 1 N–H and O–H groups in total. The maximum absolute atomic E-state index is 5.87. The van der Waals surface area contributed by atoms with Crippen LogP contribution in [0.4, 0.5) is 28.4 Å². The standard InChI is InChI=1S/C26H20N4.C24H33P.C15H13N3.C11H8ClN/c1-2-10-22(11-3-1)30(25-14-7-12-23(20-25)29-18-8-17-28-29)24-13-6-9-21(19-24)26-15-4-5-16-27-26;1-21(2,3)25(22(4,5)6)23(7)18-24(23,19-14-10-8-11-15-19)20-16-12-9-13-17-20;1-2-6-13(7-3-1)17-14-8-4-9-15(12-14)18-11-5-10-16-18;12-10-5-3-4-9(8-10)11-6-1-2-7-13-11/h1-20H;8-17H,18H2,1-7H3;1-12,17H;1-8H. The molecule has 430 valence electrons. The molecule has 13 rings (SSSR count). The van der Waals surface area contributed by atoms with Crippen LogP contribution in [0.2, 0.25) is 5.02 Å². The summed E-state index contributed by atoms with van der Waals surface area (Å²) < 4.78 is 3.72. The molecule has 1 saturated carbocycles. The van der Waals surface area contributed by atoms with Gasteiger partial charge in [-0.25, -0.2) is 9.36 Å². The van der Waals surface area contributed by atoms with Crippen LogP contribution in [0.25, 0.3) is 33.9 Å². The average molecular weight is 1170 g/mol. The van der Waals surface area contributed by atoms with E-state index in [9.17, 15) is 0 Å². The van der Waals surface area contributed by atoms with E-state index in [1.54, 1.807) is 18.6 Å². The number of hydrogen-bond donors (Lipinski definition) is 1. The van der Waals surface area contributed by atoms with Crippen LogP contribution >= 0.6 is 19.5 Å². The highest BCUT2D eigenvalue weighted by Gasteiger charge is 2.71. The SMILES string of the molecule is CC(C)(C)P(C(C)(C)C)C1(C)CC1(c1ccccc1)c1ccccc1.Clc1cccc(-c2ccccn2)c1.c1ccc(N(c2cccc(-c3ccccn3)c2)c2cccc(-n3cccn3)c2)cc1.c1ccc(Nc2cccc(-n3cccn3)c2)cc1. The summed E-state index contributed by atoms with van der Waals surface area (Å²) >= 11 is 5.87. The van der Waals surface area contributed by atoms with Gasteiger partial charge in [0.25, 0.3) is 0 Å². The van der Waals surface area contributed by atoms with E-state index in [2.05, 4.69) is 218 Å². The van der Waals surface area contributed by atoms with E-state index >= 15 is 0 Å². The minimum atomic E-state index is -0.208. The first kappa shape index (κ1) is 59.9. The molecule has 8 nitrogen and oxygen atoms in total. The maximum Gasteiger partial charge on any atom is 0.0702 e. The summed E-state index contributed by atoms with van der Waals surface area (Å²) in [5.74, 6) is 0. The fourth-order valence-corrected chi connectivity index (χ4v) is 18.4. The molecule has 0 aliphatic heterocycles. The van der Waals surface area contributed by atoms with Gasteiger partial charge in [-0.15, -0.1) is 0 Å². The first-order chi connectivity index (χ1) is 41.7. The molecule has 10 heteroatoms. The zero-order valence-electron chi connectivity index (χ0n) is 50.0. The van der Waals surface area contributed by atoms with Crippen molar-refractivity contribution in [3.63, 3.8) is 0 Å². The van der Waals surface area contributed by atoms with Crippen LogP contribution < -0.4 is 10.2 Å². The van der Waals surface area contributed by atoms with Crippen molar-refractivity contribution < 1.29 is 0 Å². The van der Waals surface area contributed by atoms with Crippen LogP contribution in [0.15, 0.2) is 304 Å². The van der Waals surface area contributed by atoms with Gasteiger partial charge in [-0.2, -0.15) is 10.2 Å². The number of nitrogens with one attached hydrogen (secondary N) is 1. The summed E-state index contributed by atoms with van der Waals surface area (Å²) in [6.07, 6.45) is 12.3. The zero-order valence-corrected chi connectivity index (χ0v) is 51.7. The highest BCUT2D eigenvalue weighted by Crippen LogP contribution is 2.83. The van der Waals surface area contributed by atoms with Crippen molar-refractivity contribution in [2.24, 2.45) is 0 Å². The number of nitrogens with zero attached hydrogens (tertiary/aromatic N) is 7. The lowest BCUT2D eigenvalue weighted by atomic mass is 9.86. The second-order valence-corrected chi connectivity index (χ2v) is 28.2. The fraction of sp³-hybridized carbons (Fsp3) is 0.158. The van der Waals surface area contributed by atoms with E-state index in [4.69, 9.17) is 11.6 Å². The molecule has 8 aromatic carbocycles. The largest absolute Gasteiger partial charge is 0.355 e. The minimum Gasteiger partial charge on any atom is -0.355 e. The summed E-state index contributed by atoms with van der Waals surface area (Å²) in [5, 5.41) is 13.7. The van der Waals surface area contributed by atoms with Gasteiger partial charge in [-0.1, -0.05) is 214 Å². The van der Waals surface area contributed by atoms with E-state index in [0.717, 1.165) is 67.3 Å². The monoisotopic (exact) mass is 1160 g/mol. The quantitative estimate of drug-likeness (QED) is 0.123. The van der Waals surface area contributed by atoms with Crippen molar-refractivity contribution in [3.8, 4) is 33.9 Å². The van der Waals surface area contributed by atoms with Gasteiger partial charge in [0.2, 0.25) is 0 Å². The number of rotatable bonds is 12. The number of pyridine rings is 2. The Bertz CT molecular complexity index is 3930. The van der Waals surface area contributed by atoms with Crippen LogP contribution in [0.5, 0.6) is 0 Å². The highest BCUT2D eigenvalue weighted by molar-refractivity contribution is 7.63. The van der Waals surface area contributed by atoms with Gasteiger partial charge >= 0.3 is 0 Å². The van der Waals surface area contributed by atoms with Crippen LogP contribution in [0.3, 0.4) is 0 Å². The highest BCUT2D eigenvalue weighted by atomic mass is 35.5. The van der Waals surface area contributed by atoms with Crippen molar-refractivity contribution in [2.75, 3.05) is 10.2 Å². The van der Waals surface area contributed by atoms with Crippen molar-refractivity contribution in [1.82, 2.24) is 29.5 Å².